The number of ether oxygens (including phenoxy) is 3. The van der Waals surface area contributed by atoms with E-state index in [1.807, 2.05) is 6.07 Å². The van der Waals surface area contributed by atoms with Crippen LogP contribution >= 0.6 is 0 Å². The van der Waals surface area contributed by atoms with Crippen molar-refractivity contribution < 1.29 is 28.2 Å². The Labute approximate surface area is 204 Å². The topological polar surface area (TPSA) is 92.0 Å². The molecule has 0 saturated heterocycles. The number of fused-ring (bicyclic) bond motifs is 1. The molecule has 2 aromatic carbocycles. The third-order valence-electron chi connectivity index (χ3n) is 5.50. The summed E-state index contributed by atoms with van der Waals surface area (Å²) in [7, 11) is 1.56. The van der Waals surface area contributed by atoms with Gasteiger partial charge in [0.15, 0.2) is 22.9 Å². The van der Waals surface area contributed by atoms with Crippen LogP contribution in [0.25, 0.3) is 17.0 Å². The number of methoxy groups -OCH3 is 1. The number of carbonyl (C=O) groups is 2. The molecule has 35 heavy (non-hydrogen) atoms. The first-order valence-corrected chi connectivity index (χ1v) is 11.6. The van der Waals surface area contributed by atoms with Crippen molar-refractivity contribution >= 4 is 28.8 Å². The van der Waals surface area contributed by atoms with Gasteiger partial charge in [-0.1, -0.05) is 32.3 Å². The number of ketones is 1. The summed E-state index contributed by atoms with van der Waals surface area (Å²) in [5.74, 6) is 0.165. The van der Waals surface area contributed by atoms with Crippen LogP contribution in [0.1, 0.15) is 61.0 Å². The highest BCUT2D eigenvalue weighted by atomic mass is 16.5. The van der Waals surface area contributed by atoms with Crippen molar-refractivity contribution in [3.8, 4) is 17.2 Å². The third-order valence-corrected chi connectivity index (χ3v) is 5.50. The second-order valence-corrected chi connectivity index (χ2v) is 8.19. The van der Waals surface area contributed by atoms with Crippen molar-refractivity contribution in [2.45, 2.75) is 46.5 Å². The summed E-state index contributed by atoms with van der Waals surface area (Å²) in [4.78, 5) is 36.6. The van der Waals surface area contributed by atoms with Crippen molar-refractivity contribution in [1.82, 2.24) is 0 Å². The van der Waals surface area contributed by atoms with Gasteiger partial charge in [0.2, 0.25) is 0 Å². The monoisotopic (exact) mass is 478 g/mol. The molecule has 0 saturated carbocycles. The average molecular weight is 479 g/mol. The van der Waals surface area contributed by atoms with Gasteiger partial charge in [0, 0.05) is 17.5 Å². The smallest absolute Gasteiger partial charge is 0.336 e. The Bertz CT molecular complexity index is 1300. The van der Waals surface area contributed by atoms with E-state index in [9.17, 15) is 14.4 Å². The minimum absolute atomic E-state index is 0.0257. The number of esters is 1. The largest absolute Gasteiger partial charge is 0.493 e. The lowest BCUT2D eigenvalue weighted by atomic mass is 10.0. The molecule has 0 bridgehead atoms. The van der Waals surface area contributed by atoms with E-state index in [2.05, 4.69) is 6.92 Å². The van der Waals surface area contributed by atoms with Gasteiger partial charge in [0.05, 0.1) is 13.7 Å². The van der Waals surface area contributed by atoms with E-state index in [0.717, 1.165) is 12.8 Å². The van der Waals surface area contributed by atoms with Gasteiger partial charge in [-0.25, -0.2) is 9.59 Å². The number of hydrogen-bond donors (Lipinski definition) is 0. The second-order valence-electron chi connectivity index (χ2n) is 8.19. The predicted octanol–water partition coefficient (Wildman–Crippen LogP) is 5.89. The quantitative estimate of drug-likeness (QED) is 0.0847. The number of rotatable bonds is 11. The lowest BCUT2D eigenvalue weighted by molar-refractivity contribution is -0.128. The number of aryl methyl sites for hydroxylation is 1. The van der Waals surface area contributed by atoms with Crippen LogP contribution in [0.15, 0.2) is 51.7 Å². The van der Waals surface area contributed by atoms with E-state index in [0.29, 0.717) is 34.6 Å². The summed E-state index contributed by atoms with van der Waals surface area (Å²) in [6.07, 6.45) is 7.27. The number of benzene rings is 2. The molecule has 0 radical (unpaired) electrons. The molecule has 3 aromatic rings. The van der Waals surface area contributed by atoms with Crippen LogP contribution in [-0.4, -0.2) is 25.5 Å². The van der Waals surface area contributed by atoms with Crippen LogP contribution < -0.4 is 19.8 Å². The van der Waals surface area contributed by atoms with E-state index in [-0.39, 0.29) is 22.7 Å². The standard InChI is InChI=1S/C28H30O7/c1-5-6-7-8-15-33-22-12-9-20(17-24(22)32-4)10-14-25(30)34-23-13-11-21-18(2)16-26(31)35-28(21)27(23)19(3)29/h9-14,16-17H,5-8,15H2,1-4H3/b14-10+. The minimum atomic E-state index is -0.683. The highest BCUT2D eigenvalue weighted by Crippen LogP contribution is 2.31. The first-order chi connectivity index (χ1) is 16.8. The van der Waals surface area contributed by atoms with Crippen molar-refractivity contribution in [3.05, 3.63) is 69.6 Å². The Balaban J connectivity index is 1.75. The first-order valence-electron chi connectivity index (χ1n) is 11.6. The number of hydrogen-bond acceptors (Lipinski definition) is 7. The molecule has 7 heteroatoms. The number of Topliss-reactive ketones (excluding diaryl/α,β-unsaturated/α-hetero) is 1. The van der Waals surface area contributed by atoms with Gasteiger partial charge in [-0.3, -0.25) is 4.79 Å². The molecular weight excluding hydrogens is 448 g/mol. The molecule has 1 heterocycles. The van der Waals surface area contributed by atoms with Gasteiger partial charge in [-0.05, 0) is 61.7 Å². The van der Waals surface area contributed by atoms with Crippen LogP contribution in [0.2, 0.25) is 0 Å². The molecule has 0 aliphatic rings. The number of carbonyl (C=O) groups excluding carboxylic acids is 2. The van der Waals surface area contributed by atoms with Gasteiger partial charge in [0.1, 0.15) is 11.3 Å². The molecule has 0 aliphatic carbocycles. The zero-order valence-electron chi connectivity index (χ0n) is 20.5. The van der Waals surface area contributed by atoms with E-state index < -0.39 is 11.6 Å². The Morgan fingerprint density at radius 2 is 1.77 bits per heavy atom. The van der Waals surface area contributed by atoms with Gasteiger partial charge in [0.25, 0.3) is 0 Å². The van der Waals surface area contributed by atoms with E-state index in [1.54, 1.807) is 38.3 Å². The summed E-state index contributed by atoms with van der Waals surface area (Å²) in [6.45, 7) is 5.84. The van der Waals surface area contributed by atoms with E-state index in [1.165, 1.54) is 38.0 Å². The third kappa shape index (κ3) is 6.59. The Hall–Kier alpha value is -3.87. The van der Waals surface area contributed by atoms with Gasteiger partial charge >= 0.3 is 11.6 Å². The van der Waals surface area contributed by atoms with Crippen LogP contribution in [0.5, 0.6) is 17.2 Å². The predicted molar refractivity (Wildman–Crippen MR) is 135 cm³/mol. The molecule has 0 fully saturated rings. The zero-order valence-corrected chi connectivity index (χ0v) is 20.5. The second kappa shape index (κ2) is 12.0. The van der Waals surface area contributed by atoms with Crippen LogP contribution in [0.3, 0.4) is 0 Å². The Kier molecular flexibility index (Phi) is 8.84. The maximum Gasteiger partial charge on any atom is 0.336 e. The van der Waals surface area contributed by atoms with Crippen molar-refractivity contribution in [2.24, 2.45) is 0 Å². The van der Waals surface area contributed by atoms with Gasteiger partial charge in [-0.15, -0.1) is 0 Å². The van der Waals surface area contributed by atoms with E-state index in [4.69, 9.17) is 18.6 Å². The molecular formula is C28H30O7. The Morgan fingerprint density at radius 1 is 1.00 bits per heavy atom. The average Bonchev–Trinajstić information content (AvgIpc) is 2.82. The summed E-state index contributed by atoms with van der Waals surface area (Å²) >= 11 is 0. The van der Waals surface area contributed by atoms with Crippen LogP contribution in [0.4, 0.5) is 0 Å². The molecule has 1 aromatic heterocycles. The van der Waals surface area contributed by atoms with Gasteiger partial charge in [-0.2, -0.15) is 0 Å². The van der Waals surface area contributed by atoms with E-state index >= 15 is 0 Å². The normalized spacial score (nSPS) is 11.1. The summed E-state index contributed by atoms with van der Waals surface area (Å²) in [5.41, 5.74) is 0.949. The van der Waals surface area contributed by atoms with Crippen LogP contribution in [-0.2, 0) is 4.79 Å². The molecule has 0 N–H and O–H groups in total. The first kappa shape index (κ1) is 25.7. The molecule has 0 aliphatic heterocycles. The van der Waals surface area contributed by atoms with Crippen molar-refractivity contribution in [1.29, 1.82) is 0 Å². The molecule has 7 nitrogen and oxygen atoms in total. The van der Waals surface area contributed by atoms with Crippen molar-refractivity contribution in [3.63, 3.8) is 0 Å². The van der Waals surface area contributed by atoms with Gasteiger partial charge < -0.3 is 18.6 Å². The summed E-state index contributed by atoms with van der Waals surface area (Å²) in [6, 6.07) is 9.89. The Morgan fingerprint density at radius 3 is 2.49 bits per heavy atom. The fourth-order valence-corrected chi connectivity index (χ4v) is 3.71. The highest BCUT2D eigenvalue weighted by Gasteiger charge is 2.19. The molecule has 0 amide bonds. The molecule has 0 unspecified atom stereocenters. The van der Waals surface area contributed by atoms with Crippen LogP contribution in [0, 0.1) is 6.92 Å². The SMILES string of the molecule is CCCCCCOc1ccc(/C=C/C(=O)Oc2ccc3c(C)cc(=O)oc3c2C(C)=O)cc1OC. The zero-order chi connectivity index (χ0) is 25.4. The lowest BCUT2D eigenvalue weighted by Gasteiger charge is -2.11. The number of unbranched alkanes of at least 4 members (excludes halogenated alkanes) is 3. The fourth-order valence-electron chi connectivity index (χ4n) is 3.71. The summed E-state index contributed by atoms with van der Waals surface area (Å²) in [5, 5.41) is 0.602. The molecule has 0 spiro atoms. The fraction of sp³-hybridized carbons (Fsp3) is 0.321. The van der Waals surface area contributed by atoms with Crippen molar-refractivity contribution in [2.75, 3.05) is 13.7 Å². The lowest BCUT2D eigenvalue weighted by Crippen LogP contribution is -2.09. The highest BCUT2D eigenvalue weighted by molar-refractivity contribution is 6.08. The molecule has 0 atom stereocenters. The minimum Gasteiger partial charge on any atom is -0.493 e. The summed E-state index contributed by atoms with van der Waals surface area (Å²) < 4.78 is 21.9. The maximum absolute atomic E-state index is 12.5. The molecule has 3 rings (SSSR count). The molecule has 184 valence electrons. The maximum atomic E-state index is 12.5.